The van der Waals surface area contributed by atoms with Crippen LogP contribution in [-0.2, 0) is 14.3 Å². The molecule has 1 rings (SSSR count). The lowest BCUT2D eigenvalue weighted by atomic mass is 9.97. The van der Waals surface area contributed by atoms with E-state index in [1.54, 1.807) is 19.0 Å². The SMILES string of the molecule is CN(C)C(=O)C1CCCN(CC(=O)OC(C)(C)C)C1. The first kappa shape index (κ1) is 16.0. The third-order valence-electron chi connectivity index (χ3n) is 3.07. The Bertz CT molecular complexity index is 334. The molecule has 19 heavy (non-hydrogen) atoms. The van der Waals surface area contributed by atoms with E-state index in [-0.39, 0.29) is 24.3 Å². The van der Waals surface area contributed by atoms with Crippen LogP contribution in [-0.4, -0.2) is 61.0 Å². The van der Waals surface area contributed by atoms with E-state index in [1.165, 1.54) is 0 Å². The predicted molar refractivity (Wildman–Crippen MR) is 73.7 cm³/mol. The molecule has 0 bridgehead atoms. The summed E-state index contributed by atoms with van der Waals surface area (Å²) in [5.74, 6) is -0.0643. The van der Waals surface area contributed by atoms with Crippen LogP contribution in [0, 0.1) is 5.92 Å². The van der Waals surface area contributed by atoms with Crippen molar-refractivity contribution in [2.75, 3.05) is 33.7 Å². The maximum Gasteiger partial charge on any atom is 0.320 e. The van der Waals surface area contributed by atoms with E-state index in [0.29, 0.717) is 6.54 Å². The van der Waals surface area contributed by atoms with E-state index in [9.17, 15) is 9.59 Å². The summed E-state index contributed by atoms with van der Waals surface area (Å²) in [5.41, 5.74) is -0.453. The Balaban J connectivity index is 2.47. The lowest BCUT2D eigenvalue weighted by Crippen LogP contribution is -2.45. The van der Waals surface area contributed by atoms with Gasteiger partial charge in [-0.05, 0) is 40.2 Å². The molecular weight excluding hydrogens is 244 g/mol. The molecule has 1 aliphatic rings. The van der Waals surface area contributed by atoms with Crippen molar-refractivity contribution in [3.8, 4) is 0 Å². The van der Waals surface area contributed by atoms with Gasteiger partial charge in [0.15, 0.2) is 0 Å². The van der Waals surface area contributed by atoms with E-state index in [0.717, 1.165) is 19.4 Å². The van der Waals surface area contributed by atoms with Gasteiger partial charge in [0.25, 0.3) is 0 Å². The quantitative estimate of drug-likeness (QED) is 0.721. The molecule has 1 amide bonds. The maximum atomic E-state index is 11.9. The zero-order chi connectivity index (χ0) is 14.6. The molecular formula is C14H26N2O3. The van der Waals surface area contributed by atoms with Crippen molar-refractivity contribution in [1.82, 2.24) is 9.80 Å². The summed E-state index contributed by atoms with van der Waals surface area (Å²) < 4.78 is 5.31. The first-order valence-electron chi connectivity index (χ1n) is 6.84. The van der Waals surface area contributed by atoms with Crippen LogP contribution >= 0.6 is 0 Å². The molecule has 110 valence electrons. The second-order valence-corrected chi connectivity index (χ2v) is 6.39. The second kappa shape index (κ2) is 6.37. The Labute approximate surface area is 115 Å². The summed E-state index contributed by atoms with van der Waals surface area (Å²) in [6, 6.07) is 0. The fourth-order valence-corrected chi connectivity index (χ4v) is 2.32. The van der Waals surface area contributed by atoms with Crippen molar-refractivity contribution in [2.24, 2.45) is 5.92 Å². The summed E-state index contributed by atoms with van der Waals surface area (Å²) in [5, 5.41) is 0. The molecule has 5 nitrogen and oxygen atoms in total. The molecule has 1 aliphatic heterocycles. The van der Waals surface area contributed by atoms with E-state index in [1.807, 2.05) is 25.7 Å². The molecule has 1 saturated heterocycles. The van der Waals surface area contributed by atoms with Crippen LogP contribution in [0.5, 0.6) is 0 Å². The molecule has 0 aromatic carbocycles. The number of hydrogen-bond donors (Lipinski definition) is 0. The highest BCUT2D eigenvalue weighted by Gasteiger charge is 2.28. The number of nitrogens with zero attached hydrogens (tertiary/aromatic N) is 2. The number of esters is 1. The van der Waals surface area contributed by atoms with Gasteiger partial charge in [0.1, 0.15) is 5.60 Å². The van der Waals surface area contributed by atoms with Gasteiger partial charge in [-0.25, -0.2) is 0 Å². The number of likely N-dealkylation sites (tertiary alicyclic amines) is 1. The zero-order valence-corrected chi connectivity index (χ0v) is 12.7. The van der Waals surface area contributed by atoms with Gasteiger partial charge in [0.2, 0.25) is 5.91 Å². The highest BCUT2D eigenvalue weighted by Crippen LogP contribution is 2.18. The predicted octanol–water partition coefficient (Wildman–Crippen LogP) is 1.13. The monoisotopic (exact) mass is 270 g/mol. The number of ether oxygens (including phenoxy) is 1. The summed E-state index contributed by atoms with van der Waals surface area (Å²) >= 11 is 0. The molecule has 0 aliphatic carbocycles. The number of rotatable bonds is 3. The molecule has 0 aromatic heterocycles. The van der Waals surface area contributed by atoms with E-state index >= 15 is 0 Å². The maximum absolute atomic E-state index is 11.9. The molecule has 0 N–H and O–H groups in total. The highest BCUT2D eigenvalue weighted by atomic mass is 16.6. The van der Waals surface area contributed by atoms with E-state index in [4.69, 9.17) is 4.74 Å². The van der Waals surface area contributed by atoms with Gasteiger partial charge < -0.3 is 9.64 Å². The number of amides is 1. The largest absolute Gasteiger partial charge is 0.459 e. The molecule has 5 heteroatoms. The van der Waals surface area contributed by atoms with Crippen LogP contribution in [0.25, 0.3) is 0 Å². The van der Waals surface area contributed by atoms with Gasteiger partial charge in [-0.15, -0.1) is 0 Å². The van der Waals surface area contributed by atoms with Crippen LogP contribution in [0.2, 0.25) is 0 Å². The molecule has 0 aromatic rings. The standard InChI is InChI=1S/C14H26N2O3/c1-14(2,3)19-12(17)10-16-8-6-7-11(9-16)13(18)15(4)5/h11H,6-10H2,1-5H3. The molecule has 0 radical (unpaired) electrons. The van der Waals surface area contributed by atoms with Gasteiger partial charge in [-0.1, -0.05) is 0 Å². The van der Waals surface area contributed by atoms with E-state index < -0.39 is 5.60 Å². The van der Waals surface area contributed by atoms with Crippen LogP contribution in [0.1, 0.15) is 33.6 Å². The number of piperidine rings is 1. The molecule has 1 heterocycles. The summed E-state index contributed by atoms with van der Waals surface area (Å²) in [6.07, 6.45) is 1.86. The third-order valence-corrected chi connectivity index (χ3v) is 3.07. The fraction of sp³-hybridized carbons (Fsp3) is 0.857. The molecule has 1 atom stereocenters. The minimum absolute atomic E-state index is 0.00573. The average Bonchev–Trinajstić information content (AvgIpc) is 2.25. The Morgan fingerprint density at radius 2 is 1.95 bits per heavy atom. The molecule has 1 unspecified atom stereocenters. The Hall–Kier alpha value is -1.10. The summed E-state index contributed by atoms with van der Waals surface area (Å²) in [7, 11) is 3.55. The first-order chi connectivity index (χ1) is 8.69. The first-order valence-corrected chi connectivity index (χ1v) is 6.84. The van der Waals surface area contributed by atoms with Gasteiger partial charge in [-0.3, -0.25) is 14.5 Å². The average molecular weight is 270 g/mol. The van der Waals surface area contributed by atoms with Crippen LogP contribution in [0.15, 0.2) is 0 Å². The third kappa shape index (κ3) is 5.59. The lowest BCUT2D eigenvalue weighted by molar-refractivity contribution is -0.157. The zero-order valence-electron chi connectivity index (χ0n) is 12.7. The summed E-state index contributed by atoms with van der Waals surface area (Å²) in [6.45, 7) is 7.36. The van der Waals surface area contributed by atoms with Gasteiger partial charge in [0.05, 0.1) is 12.5 Å². The Morgan fingerprint density at radius 3 is 2.47 bits per heavy atom. The van der Waals surface area contributed by atoms with Crippen LogP contribution in [0.3, 0.4) is 0 Å². The normalized spacial score (nSPS) is 21.0. The van der Waals surface area contributed by atoms with Crippen molar-refractivity contribution >= 4 is 11.9 Å². The Morgan fingerprint density at radius 1 is 1.32 bits per heavy atom. The molecule has 0 spiro atoms. The van der Waals surface area contributed by atoms with Gasteiger partial charge >= 0.3 is 5.97 Å². The van der Waals surface area contributed by atoms with Gasteiger partial charge in [0, 0.05) is 20.6 Å². The fourth-order valence-electron chi connectivity index (χ4n) is 2.32. The molecule has 1 fully saturated rings. The lowest BCUT2D eigenvalue weighted by Gasteiger charge is -2.33. The van der Waals surface area contributed by atoms with Crippen molar-refractivity contribution in [1.29, 1.82) is 0 Å². The molecule has 0 saturated carbocycles. The van der Waals surface area contributed by atoms with Crippen molar-refractivity contribution in [3.63, 3.8) is 0 Å². The van der Waals surface area contributed by atoms with Crippen molar-refractivity contribution in [3.05, 3.63) is 0 Å². The van der Waals surface area contributed by atoms with E-state index in [2.05, 4.69) is 0 Å². The van der Waals surface area contributed by atoms with Gasteiger partial charge in [-0.2, -0.15) is 0 Å². The minimum atomic E-state index is -0.453. The summed E-state index contributed by atoms with van der Waals surface area (Å²) in [4.78, 5) is 27.4. The Kier molecular flexibility index (Phi) is 5.35. The second-order valence-electron chi connectivity index (χ2n) is 6.39. The highest BCUT2D eigenvalue weighted by molar-refractivity contribution is 5.78. The number of hydrogen-bond acceptors (Lipinski definition) is 4. The van der Waals surface area contributed by atoms with Crippen LogP contribution < -0.4 is 0 Å². The van der Waals surface area contributed by atoms with Crippen molar-refractivity contribution < 1.29 is 14.3 Å². The van der Waals surface area contributed by atoms with Crippen molar-refractivity contribution in [2.45, 2.75) is 39.2 Å². The number of carbonyl (C=O) groups excluding carboxylic acids is 2. The topological polar surface area (TPSA) is 49.9 Å². The smallest absolute Gasteiger partial charge is 0.320 e. The van der Waals surface area contributed by atoms with Crippen LogP contribution in [0.4, 0.5) is 0 Å². The minimum Gasteiger partial charge on any atom is -0.459 e. The number of carbonyl (C=O) groups is 2.